The molecule has 0 aliphatic rings. The average molecular weight is 240 g/mol. The molecule has 1 aromatic heterocycles. The van der Waals surface area contributed by atoms with Gasteiger partial charge in [-0.2, -0.15) is 0 Å². The van der Waals surface area contributed by atoms with Gasteiger partial charge in [0.05, 0.1) is 11.0 Å². The molecule has 1 N–H and O–H groups in total. The summed E-state index contributed by atoms with van der Waals surface area (Å²) in [6, 6.07) is 18.2. The molecule has 2 radical (unpaired) electrons. The largest absolute Gasteiger partial charge is 0.338 e. The number of H-pyrrole nitrogens is 1. The summed E-state index contributed by atoms with van der Waals surface area (Å²) in [4.78, 5) is 7.83. The maximum atomic E-state index is 4.53. The van der Waals surface area contributed by atoms with E-state index < -0.39 is 0 Å². The molecule has 3 rings (SSSR count). The van der Waals surface area contributed by atoms with Crippen LogP contribution in [0.2, 0.25) is 0 Å². The second-order valence-corrected chi connectivity index (χ2v) is 3.47. The molecule has 0 spiro atoms. The van der Waals surface area contributed by atoms with Gasteiger partial charge in [-0.1, -0.05) is 42.5 Å². The van der Waals surface area contributed by atoms with E-state index in [0.29, 0.717) is 0 Å². The van der Waals surface area contributed by atoms with Crippen molar-refractivity contribution in [3.05, 3.63) is 54.6 Å². The fourth-order valence-corrected chi connectivity index (χ4v) is 1.69. The van der Waals surface area contributed by atoms with Crippen molar-refractivity contribution in [2.24, 2.45) is 0 Å². The van der Waals surface area contributed by atoms with Crippen molar-refractivity contribution in [2.45, 2.75) is 0 Å². The Balaban J connectivity index is 0.000000722. The first-order valence-corrected chi connectivity index (χ1v) is 4.94. The van der Waals surface area contributed by atoms with Crippen molar-refractivity contribution < 1.29 is 0 Å². The third kappa shape index (κ3) is 3.22. The number of hydrogen-bond acceptors (Lipinski definition) is 1. The minimum atomic E-state index is 0. The predicted octanol–water partition coefficient (Wildman–Crippen LogP) is 2.47. The third-order valence-corrected chi connectivity index (χ3v) is 2.44. The van der Waals surface area contributed by atoms with Crippen LogP contribution in [0.15, 0.2) is 54.6 Å². The second kappa shape index (κ2) is 6.74. The number of para-hydroxylation sites is 2. The van der Waals surface area contributed by atoms with Gasteiger partial charge in [0.15, 0.2) is 0 Å². The molecule has 0 atom stereocenters. The number of imidazole rings is 1. The van der Waals surface area contributed by atoms with Crippen molar-refractivity contribution in [2.75, 3.05) is 0 Å². The van der Waals surface area contributed by atoms with Crippen LogP contribution >= 0.6 is 0 Å². The first-order chi connectivity index (χ1) is 7.43. The molecule has 3 aromatic rings. The Morgan fingerprint density at radius 1 is 0.765 bits per heavy atom. The van der Waals surface area contributed by atoms with Crippen LogP contribution < -0.4 is 0 Å². The minimum absolute atomic E-state index is 0. The maximum absolute atomic E-state index is 4.53. The van der Waals surface area contributed by atoms with Gasteiger partial charge in [-0.05, 0) is 12.1 Å². The second-order valence-electron chi connectivity index (χ2n) is 3.47. The van der Waals surface area contributed by atoms with Gasteiger partial charge in [-0.25, -0.2) is 4.98 Å². The topological polar surface area (TPSA) is 28.7 Å². The van der Waals surface area contributed by atoms with Gasteiger partial charge >= 0.3 is 0 Å². The summed E-state index contributed by atoms with van der Waals surface area (Å²) in [5, 5.41) is 0. The molecule has 17 heavy (non-hydrogen) atoms. The molecule has 0 fully saturated rings. The Kier molecular flexibility index (Phi) is 5.93. The van der Waals surface area contributed by atoms with E-state index in [2.05, 4.69) is 22.1 Å². The van der Waals surface area contributed by atoms with E-state index >= 15 is 0 Å². The van der Waals surface area contributed by atoms with Gasteiger partial charge in [-0.15, -0.1) is 0 Å². The number of nitrogens with zero attached hydrogens (tertiary/aromatic N) is 1. The van der Waals surface area contributed by atoms with E-state index in [4.69, 9.17) is 0 Å². The van der Waals surface area contributed by atoms with Gasteiger partial charge in [0.25, 0.3) is 0 Å². The summed E-state index contributed by atoms with van der Waals surface area (Å²) in [7, 11) is 0. The minimum Gasteiger partial charge on any atom is -0.338 e. The van der Waals surface area contributed by atoms with Crippen LogP contribution in [0.1, 0.15) is 0 Å². The van der Waals surface area contributed by atoms with Gasteiger partial charge in [0, 0.05) is 64.7 Å². The molecular weight excluding hydrogens is 230 g/mol. The molecular formula is C13H10N2Na2. The van der Waals surface area contributed by atoms with Crippen LogP contribution in [0.5, 0.6) is 0 Å². The first kappa shape index (κ1) is 15.0. The fourth-order valence-electron chi connectivity index (χ4n) is 1.69. The van der Waals surface area contributed by atoms with Crippen molar-refractivity contribution in [3.63, 3.8) is 0 Å². The Morgan fingerprint density at radius 2 is 1.41 bits per heavy atom. The summed E-state index contributed by atoms with van der Waals surface area (Å²) in [5.74, 6) is 0.928. The number of benzene rings is 2. The molecule has 0 aliphatic heterocycles. The van der Waals surface area contributed by atoms with Crippen LogP contribution in [0.25, 0.3) is 22.4 Å². The normalized spacial score (nSPS) is 9.41. The van der Waals surface area contributed by atoms with Crippen LogP contribution in [0.3, 0.4) is 0 Å². The van der Waals surface area contributed by atoms with Crippen LogP contribution in [0, 0.1) is 0 Å². The van der Waals surface area contributed by atoms with Crippen LogP contribution in [-0.4, -0.2) is 69.1 Å². The standard InChI is InChI=1S/C13H10N2.2Na/c1-2-6-10(7-3-1)13-14-11-8-4-5-9-12(11)15-13;;/h1-9H,(H,14,15);;. The number of fused-ring (bicyclic) bond motifs is 1. The number of aromatic nitrogens is 2. The van der Waals surface area contributed by atoms with E-state index in [9.17, 15) is 0 Å². The van der Waals surface area contributed by atoms with E-state index in [1.165, 1.54) is 0 Å². The Bertz CT molecular complexity index is 557. The van der Waals surface area contributed by atoms with Gasteiger partial charge in [0.2, 0.25) is 0 Å². The zero-order valence-electron chi connectivity index (χ0n) is 10.1. The Morgan fingerprint density at radius 3 is 2.12 bits per heavy atom. The van der Waals surface area contributed by atoms with Crippen LogP contribution in [-0.2, 0) is 0 Å². The summed E-state index contributed by atoms with van der Waals surface area (Å²) in [6.45, 7) is 0. The third-order valence-electron chi connectivity index (χ3n) is 2.44. The van der Waals surface area contributed by atoms with Crippen molar-refractivity contribution in [1.29, 1.82) is 0 Å². The van der Waals surface area contributed by atoms with Gasteiger partial charge < -0.3 is 4.98 Å². The molecule has 0 aliphatic carbocycles. The molecule has 1 heterocycles. The maximum Gasteiger partial charge on any atom is 0.138 e. The molecule has 0 bridgehead atoms. The summed E-state index contributed by atoms with van der Waals surface area (Å²) in [5.41, 5.74) is 3.21. The molecule has 0 saturated carbocycles. The van der Waals surface area contributed by atoms with Crippen molar-refractivity contribution in [1.82, 2.24) is 9.97 Å². The van der Waals surface area contributed by atoms with Gasteiger partial charge in [-0.3, -0.25) is 0 Å². The Labute approximate surface area is 144 Å². The number of nitrogens with one attached hydrogen (secondary N) is 1. The molecule has 74 valence electrons. The number of hydrogen-bond donors (Lipinski definition) is 1. The molecule has 0 saturated heterocycles. The van der Waals surface area contributed by atoms with Gasteiger partial charge in [0.1, 0.15) is 5.82 Å². The quantitative estimate of drug-likeness (QED) is 0.650. The molecule has 4 heteroatoms. The SMILES string of the molecule is [Na].[Na].c1ccc(-c2nc3ccccc3[nH]2)cc1. The van der Waals surface area contributed by atoms with E-state index in [1.54, 1.807) is 0 Å². The molecule has 2 aromatic carbocycles. The van der Waals surface area contributed by atoms with E-state index in [-0.39, 0.29) is 59.1 Å². The summed E-state index contributed by atoms with van der Waals surface area (Å²) >= 11 is 0. The average Bonchev–Trinajstić information content (AvgIpc) is 2.74. The van der Waals surface area contributed by atoms with Crippen molar-refractivity contribution >= 4 is 70.1 Å². The van der Waals surface area contributed by atoms with Crippen molar-refractivity contribution in [3.8, 4) is 11.4 Å². The zero-order valence-corrected chi connectivity index (χ0v) is 14.1. The first-order valence-electron chi connectivity index (χ1n) is 4.94. The molecule has 2 nitrogen and oxygen atoms in total. The van der Waals surface area contributed by atoms with E-state index in [1.807, 2.05) is 42.5 Å². The summed E-state index contributed by atoms with van der Waals surface area (Å²) < 4.78 is 0. The predicted molar refractivity (Wildman–Crippen MR) is 73.0 cm³/mol. The number of aromatic amines is 1. The zero-order chi connectivity index (χ0) is 10.1. The Hall–Kier alpha value is -0.0900. The fraction of sp³-hybridized carbons (Fsp3) is 0. The number of rotatable bonds is 1. The van der Waals surface area contributed by atoms with Crippen LogP contribution in [0.4, 0.5) is 0 Å². The molecule has 0 unspecified atom stereocenters. The van der Waals surface area contributed by atoms with E-state index in [0.717, 1.165) is 22.4 Å². The molecule has 0 amide bonds. The monoisotopic (exact) mass is 240 g/mol. The summed E-state index contributed by atoms with van der Waals surface area (Å²) in [6.07, 6.45) is 0. The smallest absolute Gasteiger partial charge is 0.138 e.